The average Bonchev–Trinajstić information content (AvgIpc) is 2.23. The highest BCUT2D eigenvalue weighted by Gasteiger charge is 2.06. The zero-order valence-corrected chi connectivity index (χ0v) is 10.3. The van der Waals surface area contributed by atoms with E-state index in [1.54, 1.807) is 0 Å². The van der Waals surface area contributed by atoms with Gasteiger partial charge in [-0.25, -0.2) is 0 Å². The van der Waals surface area contributed by atoms with Gasteiger partial charge in [0.25, 0.3) is 0 Å². The summed E-state index contributed by atoms with van der Waals surface area (Å²) in [5, 5.41) is 27.1. The second-order valence-electron chi connectivity index (χ2n) is 4.30. The summed E-state index contributed by atoms with van der Waals surface area (Å²) in [5.74, 6) is 0. The zero-order valence-electron chi connectivity index (χ0n) is 10.3. The van der Waals surface area contributed by atoms with E-state index in [1.807, 2.05) is 14.1 Å². The number of rotatable bonds is 10. The van der Waals surface area contributed by atoms with Gasteiger partial charge in [0, 0.05) is 6.61 Å². The molecule has 0 heterocycles. The van der Waals surface area contributed by atoms with Gasteiger partial charge in [-0.2, -0.15) is 0 Å². The van der Waals surface area contributed by atoms with Crippen molar-refractivity contribution in [2.45, 2.75) is 31.5 Å². The van der Waals surface area contributed by atoms with Crippen molar-refractivity contribution in [3.8, 4) is 0 Å². The fraction of sp³-hybridized carbons (Fsp3) is 1.00. The topological polar surface area (TPSA) is 73.2 Å². The summed E-state index contributed by atoms with van der Waals surface area (Å²) in [6, 6.07) is 0. The third-order valence-corrected chi connectivity index (χ3v) is 2.26. The smallest absolute Gasteiger partial charge is 0.100 e. The van der Waals surface area contributed by atoms with E-state index in [1.165, 1.54) is 0 Å². The lowest BCUT2D eigenvalue weighted by Crippen LogP contribution is -2.21. The van der Waals surface area contributed by atoms with Gasteiger partial charge in [-0.1, -0.05) is 0 Å². The van der Waals surface area contributed by atoms with E-state index in [4.69, 9.17) is 14.9 Å². The fourth-order valence-electron chi connectivity index (χ4n) is 1.28. The molecule has 2 unspecified atom stereocenters. The molecule has 0 aliphatic heterocycles. The number of hydrogen-bond acceptors (Lipinski definition) is 5. The van der Waals surface area contributed by atoms with Crippen LogP contribution in [0.15, 0.2) is 0 Å². The van der Waals surface area contributed by atoms with E-state index < -0.39 is 6.10 Å². The second kappa shape index (κ2) is 9.99. The molecule has 16 heavy (non-hydrogen) atoms. The standard InChI is InChI=1S/C11H25NO4/c1-12(2)6-3-4-10(14)5-7-16-9-11(15)8-13/h10-11,13-15H,3-9H2,1-2H3. The van der Waals surface area contributed by atoms with Crippen molar-refractivity contribution in [3.05, 3.63) is 0 Å². The summed E-state index contributed by atoms with van der Waals surface area (Å²) >= 11 is 0. The highest BCUT2D eigenvalue weighted by molar-refractivity contribution is 4.57. The maximum atomic E-state index is 9.57. The molecule has 0 aliphatic carbocycles. The molecule has 98 valence electrons. The minimum atomic E-state index is -0.814. The van der Waals surface area contributed by atoms with Crippen molar-refractivity contribution in [3.63, 3.8) is 0 Å². The van der Waals surface area contributed by atoms with E-state index in [0.29, 0.717) is 13.0 Å². The summed E-state index contributed by atoms with van der Waals surface area (Å²) in [6.45, 7) is 1.23. The molecule has 0 aromatic heterocycles. The van der Waals surface area contributed by atoms with Crippen molar-refractivity contribution < 1.29 is 20.1 Å². The van der Waals surface area contributed by atoms with Gasteiger partial charge in [0.15, 0.2) is 0 Å². The molecule has 0 aromatic carbocycles. The number of ether oxygens (including phenoxy) is 1. The summed E-state index contributed by atoms with van der Waals surface area (Å²) < 4.78 is 5.10. The van der Waals surface area contributed by atoms with Gasteiger partial charge >= 0.3 is 0 Å². The van der Waals surface area contributed by atoms with Crippen LogP contribution in [-0.4, -0.2) is 72.9 Å². The monoisotopic (exact) mass is 235 g/mol. The van der Waals surface area contributed by atoms with Crippen LogP contribution in [0.2, 0.25) is 0 Å². The van der Waals surface area contributed by atoms with Gasteiger partial charge in [-0.05, 0) is 39.9 Å². The quantitative estimate of drug-likeness (QED) is 0.443. The van der Waals surface area contributed by atoms with E-state index in [2.05, 4.69) is 4.90 Å². The van der Waals surface area contributed by atoms with Crippen LogP contribution in [0.3, 0.4) is 0 Å². The molecule has 0 rings (SSSR count). The first-order valence-corrected chi connectivity index (χ1v) is 5.75. The van der Waals surface area contributed by atoms with Gasteiger partial charge in [0.05, 0.1) is 19.3 Å². The minimum absolute atomic E-state index is 0.126. The first-order valence-electron chi connectivity index (χ1n) is 5.75. The molecule has 0 saturated carbocycles. The SMILES string of the molecule is CN(C)CCCC(O)CCOCC(O)CO. The Morgan fingerprint density at radius 3 is 2.38 bits per heavy atom. The molecule has 5 heteroatoms. The van der Waals surface area contributed by atoms with Crippen LogP contribution in [0, 0.1) is 0 Å². The molecular formula is C11H25NO4. The average molecular weight is 235 g/mol. The first-order chi connectivity index (χ1) is 7.56. The third kappa shape index (κ3) is 10.3. The number of nitrogens with zero attached hydrogens (tertiary/aromatic N) is 1. The molecule has 3 N–H and O–H groups in total. The Hall–Kier alpha value is -0.200. The lowest BCUT2D eigenvalue weighted by molar-refractivity contribution is -0.00396. The van der Waals surface area contributed by atoms with Crippen molar-refractivity contribution in [2.75, 3.05) is 40.5 Å². The molecule has 2 atom stereocenters. The summed E-state index contributed by atoms with van der Waals surface area (Å²) in [4.78, 5) is 2.08. The van der Waals surface area contributed by atoms with Crippen molar-refractivity contribution in [1.82, 2.24) is 4.90 Å². The van der Waals surface area contributed by atoms with E-state index in [0.717, 1.165) is 19.4 Å². The van der Waals surface area contributed by atoms with Gasteiger partial charge in [0.2, 0.25) is 0 Å². The van der Waals surface area contributed by atoms with Crippen LogP contribution < -0.4 is 0 Å². The summed E-state index contributed by atoms with van der Waals surface area (Å²) in [5.41, 5.74) is 0. The molecular weight excluding hydrogens is 210 g/mol. The maximum absolute atomic E-state index is 9.57. The number of aliphatic hydroxyl groups excluding tert-OH is 3. The lowest BCUT2D eigenvalue weighted by atomic mass is 10.1. The summed E-state index contributed by atoms with van der Waals surface area (Å²) in [7, 11) is 4.01. The predicted molar refractivity (Wildman–Crippen MR) is 62.3 cm³/mol. The van der Waals surface area contributed by atoms with Crippen LogP contribution in [0.1, 0.15) is 19.3 Å². The van der Waals surface area contributed by atoms with Gasteiger partial charge in [-0.3, -0.25) is 0 Å². The second-order valence-corrected chi connectivity index (χ2v) is 4.30. The third-order valence-electron chi connectivity index (χ3n) is 2.26. The molecule has 0 aromatic rings. The Morgan fingerprint density at radius 1 is 1.12 bits per heavy atom. The van der Waals surface area contributed by atoms with E-state index in [9.17, 15) is 5.11 Å². The normalized spacial score (nSPS) is 15.4. The number of aliphatic hydroxyl groups is 3. The Labute approximate surface area is 97.6 Å². The Morgan fingerprint density at radius 2 is 1.81 bits per heavy atom. The molecule has 0 saturated heterocycles. The van der Waals surface area contributed by atoms with Gasteiger partial charge in [0.1, 0.15) is 6.10 Å². The van der Waals surface area contributed by atoms with Crippen LogP contribution in [-0.2, 0) is 4.74 Å². The van der Waals surface area contributed by atoms with Crippen molar-refractivity contribution >= 4 is 0 Å². The number of hydrogen-bond donors (Lipinski definition) is 3. The van der Waals surface area contributed by atoms with Crippen molar-refractivity contribution in [2.24, 2.45) is 0 Å². The fourth-order valence-corrected chi connectivity index (χ4v) is 1.28. The molecule has 0 amide bonds. The molecule has 0 radical (unpaired) electrons. The van der Waals surface area contributed by atoms with Gasteiger partial charge < -0.3 is 25.0 Å². The van der Waals surface area contributed by atoms with Crippen LogP contribution in [0.5, 0.6) is 0 Å². The van der Waals surface area contributed by atoms with Crippen LogP contribution in [0.25, 0.3) is 0 Å². The Bertz CT molecular complexity index is 155. The van der Waals surface area contributed by atoms with E-state index in [-0.39, 0.29) is 19.3 Å². The zero-order chi connectivity index (χ0) is 12.4. The van der Waals surface area contributed by atoms with Gasteiger partial charge in [-0.15, -0.1) is 0 Å². The molecule has 0 fully saturated rings. The van der Waals surface area contributed by atoms with E-state index >= 15 is 0 Å². The lowest BCUT2D eigenvalue weighted by Gasteiger charge is -2.14. The van der Waals surface area contributed by atoms with Crippen molar-refractivity contribution in [1.29, 1.82) is 0 Å². The highest BCUT2D eigenvalue weighted by Crippen LogP contribution is 2.02. The minimum Gasteiger partial charge on any atom is -0.394 e. The highest BCUT2D eigenvalue weighted by atomic mass is 16.5. The molecule has 0 bridgehead atoms. The molecule has 0 spiro atoms. The first kappa shape index (κ1) is 15.8. The largest absolute Gasteiger partial charge is 0.394 e. The molecule has 5 nitrogen and oxygen atoms in total. The predicted octanol–water partition coefficient (Wildman–Crippen LogP) is -0.551. The molecule has 0 aliphatic rings. The Balaban J connectivity index is 3.26. The Kier molecular flexibility index (Phi) is 9.86. The maximum Gasteiger partial charge on any atom is 0.100 e. The van der Waals surface area contributed by atoms with Crippen LogP contribution >= 0.6 is 0 Å². The summed E-state index contributed by atoms with van der Waals surface area (Å²) in [6.07, 6.45) is 1.15. The van der Waals surface area contributed by atoms with Crippen LogP contribution in [0.4, 0.5) is 0 Å².